The molecular formula is C7H19NOSi. The minimum Gasteiger partial charge on any atom is -0.416 e. The third-order valence-corrected chi connectivity index (χ3v) is 2.13. The van der Waals surface area contributed by atoms with Crippen LogP contribution in [-0.4, -0.2) is 28.0 Å². The monoisotopic (exact) mass is 161 g/mol. The largest absolute Gasteiger partial charge is 0.416 e. The van der Waals surface area contributed by atoms with Crippen molar-refractivity contribution in [3.05, 3.63) is 0 Å². The SMILES string of the molecule is CCNCCO[Si](C)(C)C. The normalized spacial score (nSPS) is 12.0. The Bertz CT molecular complexity index is 80.2. The topological polar surface area (TPSA) is 21.3 Å². The first kappa shape index (κ1) is 10.1. The van der Waals surface area contributed by atoms with E-state index in [1.807, 2.05) is 0 Å². The molecule has 0 aliphatic heterocycles. The number of nitrogens with one attached hydrogen (secondary N) is 1. The predicted molar refractivity (Wildman–Crippen MR) is 47.8 cm³/mol. The number of hydrogen-bond donors (Lipinski definition) is 1. The van der Waals surface area contributed by atoms with Crippen molar-refractivity contribution in [1.82, 2.24) is 5.32 Å². The summed E-state index contributed by atoms with van der Waals surface area (Å²) in [6.07, 6.45) is 0. The fraction of sp³-hybridized carbons (Fsp3) is 1.00. The van der Waals surface area contributed by atoms with Gasteiger partial charge >= 0.3 is 0 Å². The van der Waals surface area contributed by atoms with Crippen molar-refractivity contribution in [2.24, 2.45) is 0 Å². The van der Waals surface area contributed by atoms with Crippen molar-refractivity contribution >= 4 is 8.32 Å². The second-order valence-electron chi connectivity index (χ2n) is 3.31. The van der Waals surface area contributed by atoms with Crippen LogP contribution in [0.2, 0.25) is 19.6 Å². The van der Waals surface area contributed by atoms with Crippen LogP contribution in [0.3, 0.4) is 0 Å². The van der Waals surface area contributed by atoms with Crippen molar-refractivity contribution in [2.75, 3.05) is 19.7 Å². The zero-order chi connectivity index (χ0) is 8.04. The summed E-state index contributed by atoms with van der Waals surface area (Å²) in [5, 5.41) is 3.22. The van der Waals surface area contributed by atoms with Gasteiger partial charge in [0.15, 0.2) is 8.32 Å². The van der Waals surface area contributed by atoms with Gasteiger partial charge in [0.1, 0.15) is 0 Å². The van der Waals surface area contributed by atoms with Crippen LogP contribution >= 0.6 is 0 Å². The number of rotatable bonds is 5. The Labute approximate surface area is 65.1 Å². The Hall–Kier alpha value is 0.137. The summed E-state index contributed by atoms with van der Waals surface area (Å²) in [6, 6.07) is 0. The van der Waals surface area contributed by atoms with Crippen LogP contribution in [0.15, 0.2) is 0 Å². The van der Waals surface area contributed by atoms with Crippen molar-refractivity contribution in [3.63, 3.8) is 0 Å². The quantitative estimate of drug-likeness (QED) is 0.487. The Morgan fingerprint density at radius 2 is 1.90 bits per heavy atom. The standard InChI is InChI=1S/C7H19NOSi/c1-5-8-6-7-9-10(2,3)4/h8H,5-7H2,1-4H3. The highest BCUT2D eigenvalue weighted by Crippen LogP contribution is 2.00. The summed E-state index contributed by atoms with van der Waals surface area (Å²) in [7, 11) is -1.25. The van der Waals surface area contributed by atoms with Gasteiger partial charge in [-0.25, -0.2) is 0 Å². The average molecular weight is 161 g/mol. The van der Waals surface area contributed by atoms with Crippen LogP contribution in [0.4, 0.5) is 0 Å². The van der Waals surface area contributed by atoms with Crippen LogP contribution in [0, 0.1) is 0 Å². The molecule has 10 heavy (non-hydrogen) atoms. The Morgan fingerprint density at radius 3 is 2.30 bits per heavy atom. The van der Waals surface area contributed by atoms with Crippen molar-refractivity contribution < 1.29 is 4.43 Å². The molecule has 0 saturated heterocycles. The van der Waals surface area contributed by atoms with E-state index < -0.39 is 8.32 Å². The van der Waals surface area contributed by atoms with Crippen molar-refractivity contribution in [1.29, 1.82) is 0 Å². The zero-order valence-corrected chi connectivity index (χ0v) is 8.53. The summed E-state index contributed by atoms with van der Waals surface area (Å²) in [5.74, 6) is 0. The summed E-state index contributed by atoms with van der Waals surface area (Å²) in [5.41, 5.74) is 0. The molecule has 0 spiro atoms. The van der Waals surface area contributed by atoms with Crippen LogP contribution < -0.4 is 5.32 Å². The second-order valence-corrected chi connectivity index (χ2v) is 7.83. The average Bonchev–Trinajstić information content (AvgIpc) is 1.78. The van der Waals surface area contributed by atoms with Crippen LogP contribution in [-0.2, 0) is 4.43 Å². The molecule has 2 nitrogen and oxygen atoms in total. The van der Waals surface area contributed by atoms with Gasteiger partial charge in [-0.3, -0.25) is 0 Å². The van der Waals surface area contributed by atoms with Gasteiger partial charge in [-0.15, -0.1) is 0 Å². The van der Waals surface area contributed by atoms with E-state index in [4.69, 9.17) is 4.43 Å². The van der Waals surface area contributed by atoms with E-state index in [-0.39, 0.29) is 0 Å². The van der Waals surface area contributed by atoms with Gasteiger partial charge in [0, 0.05) is 13.2 Å². The zero-order valence-electron chi connectivity index (χ0n) is 7.53. The lowest BCUT2D eigenvalue weighted by Gasteiger charge is -2.16. The van der Waals surface area contributed by atoms with E-state index in [1.165, 1.54) is 0 Å². The minimum absolute atomic E-state index is 0.865. The van der Waals surface area contributed by atoms with Gasteiger partial charge in [0.2, 0.25) is 0 Å². The first-order valence-corrected chi connectivity index (χ1v) is 7.32. The van der Waals surface area contributed by atoms with E-state index in [2.05, 4.69) is 31.9 Å². The van der Waals surface area contributed by atoms with Gasteiger partial charge < -0.3 is 9.74 Å². The maximum absolute atomic E-state index is 5.61. The van der Waals surface area contributed by atoms with Gasteiger partial charge in [-0.2, -0.15) is 0 Å². The molecule has 0 atom stereocenters. The molecule has 0 aromatic rings. The molecule has 0 saturated carbocycles. The molecule has 0 aliphatic carbocycles. The van der Waals surface area contributed by atoms with E-state index >= 15 is 0 Å². The molecule has 0 radical (unpaired) electrons. The highest BCUT2D eigenvalue weighted by molar-refractivity contribution is 6.69. The molecular weight excluding hydrogens is 142 g/mol. The smallest absolute Gasteiger partial charge is 0.183 e. The van der Waals surface area contributed by atoms with E-state index in [1.54, 1.807) is 0 Å². The maximum Gasteiger partial charge on any atom is 0.183 e. The third-order valence-electron chi connectivity index (χ3n) is 1.06. The molecule has 0 heterocycles. The Balaban J connectivity index is 3.04. The first-order valence-electron chi connectivity index (χ1n) is 3.91. The molecule has 0 aromatic heterocycles. The molecule has 0 rings (SSSR count). The van der Waals surface area contributed by atoms with Gasteiger partial charge in [0.05, 0.1) is 0 Å². The van der Waals surface area contributed by atoms with Gasteiger partial charge in [-0.1, -0.05) is 6.92 Å². The number of hydrogen-bond acceptors (Lipinski definition) is 2. The fourth-order valence-electron chi connectivity index (χ4n) is 0.606. The lowest BCUT2D eigenvalue weighted by molar-refractivity contribution is 0.309. The van der Waals surface area contributed by atoms with Gasteiger partial charge in [-0.05, 0) is 26.2 Å². The molecule has 0 bridgehead atoms. The molecule has 0 amide bonds. The molecule has 0 unspecified atom stereocenters. The molecule has 1 N–H and O–H groups in total. The summed E-state index contributed by atoms with van der Waals surface area (Å²) < 4.78 is 5.61. The molecule has 0 fully saturated rings. The molecule has 62 valence electrons. The summed E-state index contributed by atoms with van der Waals surface area (Å²) in [4.78, 5) is 0. The van der Waals surface area contributed by atoms with Crippen molar-refractivity contribution in [3.8, 4) is 0 Å². The molecule has 0 aromatic carbocycles. The van der Waals surface area contributed by atoms with E-state index in [0.29, 0.717) is 0 Å². The Kier molecular flexibility index (Phi) is 4.94. The molecule has 0 aliphatic rings. The summed E-state index contributed by atoms with van der Waals surface area (Å²) in [6.45, 7) is 11.6. The highest BCUT2D eigenvalue weighted by atomic mass is 28.4. The van der Waals surface area contributed by atoms with E-state index in [0.717, 1.165) is 19.7 Å². The summed E-state index contributed by atoms with van der Waals surface area (Å²) >= 11 is 0. The minimum atomic E-state index is -1.25. The highest BCUT2D eigenvalue weighted by Gasteiger charge is 2.12. The lowest BCUT2D eigenvalue weighted by Crippen LogP contribution is -2.30. The van der Waals surface area contributed by atoms with Gasteiger partial charge in [0.25, 0.3) is 0 Å². The second kappa shape index (κ2) is 4.88. The third kappa shape index (κ3) is 8.14. The predicted octanol–water partition coefficient (Wildman–Crippen LogP) is 1.45. The first-order chi connectivity index (χ1) is 4.56. The number of likely N-dealkylation sites (N-methyl/N-ethyl adjacent to an activating group) is 1. The van der Waals surface area contributed by atoms with Crippen molar-refractivity contribution in [2.45, 2.75) is 26.6 Å². The van der Waals surface area contributed by atoms with Crippen LogP contribution in [0.25, 0.3) is 0 Å². The fourth-order valence-corrected chi connectivity index (χ4v) is 1.32. The van der Waals surface area contributed by atoms with Crippen LogP contribution in [0.1, 0.15) is 6.92 Å². The lowest BCUT2D eigenvalue weighted by atomic mass is 10.6. The van der Waals surface area contributed by atoms with E-state index in [9.17, 15) is 0 Å². The van der Waals surface area contributed by atoms with Crippen LogP contribution in [0.5, 0.6) is 0 Å². The Morgan fingerprint density at radius 1 is 1.30 bits per heavy atom. The molecule has 3 heteroatoms. The maximum atomic E-state index is 5.61.